The Labute approximate surface area is 99.9 Å². The fourth-order valence-corrected chi connectivity index (χ4v) is 2.25. The monoisotopic (exact) mass is 237 g/mol. The molecule has 1 aliphatic rings. The number of hydrogen-bond donors (Lipinski definition) is 2. The molecule has 2 heterocycles. The van der Waals surface area contributed by atoms with Gasteiger partial charge in [0.15, 0.2) is 0 Å². The number of H-pyrrole nitrogens is 1. The predicted octanol–water partition coefficient (Wildman–Crippen LogP) is 0.377. The summed E-state index contributed by atoms with van der Waals surface area (Å²) in [4.78, 5) is 25.1. The van der Waals surface area contributed by atoms with Crippen LogP contribution in [0.1, 0.15) is 31.2 Å². The Morgan fingerprint density at radius 3 is 2.94 bits per heavy atom. The maximum absolute atomic E-state index is 11.6. The molecule has 0 aromatic carbocycles. The lowest BCUT2D eigenvalue weighted by molar-refractivity contribution is 0.364. The number of hydrogen-bond acceptors (Lipinski definition) is 3. The van der Waals surface area contributed by atoms with Crippen LogP contribution >= 0.6 is 0 Å². The van der Waals surface area contributed by atoms with Gasteiger partial charge in [0.25, 0.3) is 5.56 Å². The van der Waals surface area contributed by atoms with E-state index in [1.54, 1.807) is 17.7 Å². The summed E-state index contributed by atoms with van der Waals surface area (Å²) in [7, 11) is 0. The van der Waals surface area contributed by atoms with E-state index in [1.165, 1.54) is 19.3 Å². The zero-order chi connectivity index (χ0) is 12.3. The van der Waals surface area contributed by atoms with Crippen molar-refractivity contribution in [2.75, 3.05) is 6.54 Å². The molecule has 0 bridgehead atoms. The third-order valence-corrected chi connectivity index (χ3v) is 3.32. The first-order valence-corrected chi connectivity index (χ1v) is 6.20. The molecule has 1 aromatic heterocycles. The van der Waals surface area contributed by atoms with E-state index in [0.717, 1.165) is 13.0 Å². The van der Waals surface area contributed by atoms with Crippen LogP contribution in [0.15, 0.2) is 15.8 Å². The van der Waals surface area contributed by atoms with Gasteiger partial charge < -0.3 is 9.88 Å². The van der Waals surface area contributed by atoms with E-state index in [2.05, 4.69) is 10.3 Å². The van der Waals surface area contributed by atoms with Crippen molar-refractivity contribution in [1.29, 1.82) is 0 Å². The van der Waals surface area contributed by atoms with Gasteiger partial charge in [0.2, 0.25) is 0 Å². The molecule has 1 atom stereocenters. The van der Waals surface area contributed by atoms with Crippen LogP contribution in [0.2, 0.25) is 0 Å². The van der Waals surface area contributed by atoms with E-state index in [0.29, 0.717) is 18.2 Å². The maximum atomic E-state index is 11.6. The molecule has 5 heteroatoms. The average Bonchev–Trinajstić information content (AvgIpc) is 2.33. The zero-order valence-electron chi connectivity index (χ0n) is 10.2. The van der Waals surface area contributed by atoms with Crippen LogP contribution in [-0.4, -0.2) is 22.1 Å². The van der Waals surface area contributed by atoms with Crippen molar-refractivity contribution < 1.29 is 0 Å². The minimum atomic E-state index is -0.309. The van der Waals surface area contributed by atoms with Crippen LogP contribution < -0.4 is 16.6 Å². The lowest BCUT2D eigenvalue weighted by atomic mass is 10.0. The van der Waals surface area contributed by atoms with E-state index >= 15 is 0 Å². The second-order valence-electron chi connectivity index (χ2n) is 4.70. The van der Waals surface area contributed by atoms with E-state index in [1.807, 2.05) is 0 Å². The highest BCUT2D eigenvalue weighted by Gasteiger charge is 2.12. The predicted molar refractivity (Wildman–Crippen MR) is 66.3 cm³/mol. The Bertz CT molecular complexity index is 483. The molecule has 1 aliphatic heterocycles. The molecule has 1 saturated heterocycles. The van der Waals surface area contributed by atoms with E-state index < -0.39 is 0 Å². The third-order valence-electron chi connectivity index (χ3n) is 3.32. The van der Waals surface area contributed by atoms with Gasteiger partial charge in [0, 0.05) is 24.3 Å². The number of rotatable bonds is 3. The normalized spacial score (nSPS) is 20.4. The van der Waals surface area contributed by atoms with Crippen LogP contribution in [0.3, 0.4) is 0 Å². The van der Waals surface area contributed by atoms with Crippen molar-refractivity contribution in [3.05, 3.63) is 32.6 Å². The molecule has 1 fully saturated rings. The Morgan fingerprint density at radius 1 is 1.41 bits per heavy atom. The maximum Gasteiger partial charge on any atom is 0.328 e. The Morgan fingerprint density at radius 2 is 2.24 bits per heavy atom. The number of piperidine rings is 1. The Kier molecular flexibility index (Phi) is 3.78. The van der Waals surface area contributed by atoms with Crippen molar-refractivity contribution in [3.8, 4) is 0 Å². The molecule has 1 aromatic rings. The molecule has 2 rings (SSSR count). The highest BCUT2D eigenvalue weighted by atomic mass is 16.2. The molecular formula is C12H19N3O2. The molecule has 17 heavy (non-hydrogen) atoms. The molecular weight excluding hydrogens is 218 g/mol. The highest BCUT2D eigenvalue weighted by molar-refractivity contribution is 5.00. The number of aromatic nitrogens is 2. The van der Waals surface area contributed by atoms with Gasteiger partial charge in [0.05, 0.1) is 0 Å². The topological polar surface area (TPSA) is 66.9 Å². The Balaban J connectivity index is 2.01. The summed E-state index contributed by atoms with van der Waals surface area (Å²) >= 11 is 0. The van der Waals surface area contributed by atoms with Crippen LogP contribution in [-0.2, 0) is 6.54 Å². The second-order valence-corrected chi connectivity index (χ2v) is 4.70. The smallest absolute Gasteiger partial charge is 0.314 e. The number of nitrogens with one attached hydrogen (secondary N) is 2. The van der Waals surface area contributed by atoms with Gasteiger partial charge in [-0.25, -0.2) is 4.79 Å². The SMILES string of the molecule is Cc1cn(CCC2CCCCN2)c(=O)[nH]c1=O. The summed E-state index contributed by atoms with van der Waals surface area (Å²) < 4.78 is 1.59. The summed E-state index contributed by atoms with van der Waals surface area (Å²) in [5.41, 5.74) is -0.0142. The van der Waals surface area contributed by atoms with Crippen LogP contribution in [0.5, 0.6) is 0 Å². The lowest BCUT2D eigenvalue weighted by Gasteiger charge is -2.23. The molecule has 1 unspecified atom stereocenters. The van der Waals surface area contributed by atoms with Gasteiger partial charge in [-0.05, 0) is 32.7 Å². The van der Waals surface area contributed by atoms with Crippen molar-refractivity contribution in [3.63, 3.8) is 0 Å². The van der Waals surface area contributed by atoms with Gasteiger partial charge in [-0.15, -0.1) is 0 Å². The molecule has 0 spiro atoms. The standard InChI is InChI=1S/C12H19N3O2/c1-9-8-15(12(17)14-11(9)16)7-5-10-4-2-3-6-13-10/h8,10,13H,2-7H2,1H3,(H,14,16,17). The van der Waals surface area contributed by atoms with Crippen molar-refractivity contribution in [1.82, 2.24) is 14.9 Å². The quantitative estimate of drug-likeness (QED) is 0.798. The van der Waals surface area contributed by atoms with E-state index in [9.17, 15) is 9.59 Å². The molecule has 5 nitrogen and oxygen atoms in total. The highest BCUT2D eigenvalue weighted by Crippen LogP contribution is 2.10. The summed E-state index contributed by atoms with van der Waals surface area (Å²) in [6.07, 6.45) is 6.26. The average molecular weight is 237 g/mol. The first-order valence-electron chi connectivity index (χ1n) is 6.20. The molecule has 2 N–H and O–H groups in total. The summed E-state index contributed by atoms with van der Waals surface area (Å²) in [5.74, 6) is 0. The van der Waals surface area contributed by atoms with Crippen molar-refractivity contribution in [2.45, 2.75) is 45.2 Å². The van der Waals surface area contributed by atoms with Gasteiger partial charge >= 0.3 is 5.69 Å². The van der Waals surface area contributed by atoms with E-state index in [4.69, 9.17) is 0 Å². The third kappa shape index (κ3) is 3.06. The first-order chi connectivity index (χ1) is 8.16. The Hall–Kier alpha value is -1.36. The molecule has 0 aliphatic carbocycles. The van der Waals surface area contributed by atoms with Crippen molar-refractivity contribution in [2.24, 2.45) is 0 Å². The second kappa shape index (κ2) is 5.31. The molecule has 94 valence electrons. The number of aromatic amines is 1. The van der Waals surface area contributed by atoms with Crippen LogP contribution in [0.4, 0.5) is 0 Å². The largest absolute Gasteiger partial charge is 0.328 e. The number of aryl methyl sites for hydroxylation is 2. The van der Waals surface area contributed by atoms with Gasteiger partial charge in [-0.1, -0.05) is 6.42 Å². The van der Waals surface area contributed by atoms with Gasteiger partial charge in [-0.2, -0.15) is 0 Å². The minimum Gasteiger partial charge on any atom is -0.314 e. The number of nitrogens with zero attached hydrogens (tertiary/aromatic N) is 1. The molecule has 0 amide bonds. The van der Waals surface area contributed by atoms with E-state index in [-0.39, 0.29) is 11.2 Å². The van der Waals surface area contributed by atoms with Gasteiger partial charge in [-0.3, -0.25) is 9.78 Å². The van der Waals surface area contributed by atoms with Crippen LogP contribution in [0.25, 0.3) is 0 Å². The summed E-state index contributed by atoms with van der Waals surface area (Å²) in [6, 6.07) is 0.503. The minimum absolute atomic E-state index is 0.290. The first kappa shape index (κ1) is 12.1. The fraction of sp³-hybridized carbons (Fsp3) is 0.667. The zero-order valence-corrected chi connectivity index (χ0v) is 10.2. The fourth-order valence-electron chi connectivity index (χ4n) is 2.25. The van der Waals surface area contributed by atoms with Crippen molar-refractivity contribution >= 4 is 0 Å². The summed E-state index contributed by atoms with van der Waals surface area (Å²) in [6.45, 7) is 3.45. The lowest BCUT2D eigenvalue weighted by Crippen LogP contribution is -2.37. The summed E-state index contributed by atoms with van der Waals surface area (Å²) in [5, 5.41) is 3.45. The van der Waals surface area contributed by atoms with Gasteiger partial charge in [0.1, 0.15) is 0 Å². The molecule has 0 radical (unpaired) electrons. The molecule has 0 saturated carbocycles. The van der Waals surface area contributed by atoms with Crippen LogP contribution in [0, 0.1) is 6.92 Å².